The van der Waals surface area contributed by atoms with Crippen LogP contribution in [0.1, 0.15) is 60.3 Å². The lowest BCUT2D eigenvalue weighted by Gasteiger charge is -2.21. The number of rotatable bonds is 4. The molecule has 4 aromatic carbocycles. The third kappa shape index (κ3) is 9.19. The lowest BCUT2D eigenvalue weighted by atomic mass is 9.96. The summed E-state index contributed by atoms with van der Waals surface area (Å²) in [5, 5.41) is 19.0. The van der Waals surface area contributed by atoms with Crippen LogP contribution in [0.4, 0.5) is 8.78 Å². The molecule has 0 radical (unpaired) electrons. The number of piperidine rings is 2. The van der Waals surface area contributed by atoms with Crippen molar-refractivity contribution in [3.63, 3.8) is 0 Å². The van der Waals surface area contributed by atoms with Crippen LogP contribution in [0.2, 0.25) is 0 Å². The Bertz CT molecular complexity index is 2670. The van der Waals surface area contributed by atoms with E-state index in [4.69, 9.17) is 0 Å². The van der Waals surface area contributed by atoms with Crippen LogP contribution in [-0.4, -0.2) is 65.7 Å². The van der Waals surface area contributed by atoms with E-state index in [-0.39, 0.29) is 61.3 Å². The Labute approximate surface area is 372 Å². The second-order valence-corrected chi connectivity index (χ2v) is 15.3. The van der Waals surface area contributed by atoms with E-state index in [1.54, 1.807) is 21.6 Å². The molecular weight excluding hydrogens is 848 g/mol. The van der Waals surface area contributed by atoms with Crippen molar-refractivity contribution in [2.75, 3.05) is 26.2 Å². The Balaban J connectivity index is 0.000000213. The van der Waals surface area contributed by atoms with Gasteiger partial charge in [-0.05, 0) is 130 Å². The van der Waals surface area contributed by atoms with Gasteiger partial charge >= 0.3 is 0 Å². The van der Waals surface area contributed by atoms with Gasteiger partial charge in [0.25, 0.3) is 0 Å². The highest BCUT2D eigenvalue weighted by molar-refractivity contribution is 5.92. The number of aromatic nitrogens is 8. The van der Waals surface area contributed by atoms with Crippen molar-refractivity contribution in [2.24, 2.45) is 14.1 Å². The fourth-order valence-corrected chi connectivity index (χ4v) is 8.32. The number of halogens is 6. The van der Waals surface area contributed by atoms with Crippen LogP contribution in [0.25, 0.3) is 65.9 Å². The molecule has 2 N–H and O–H groups in total. The Morgan fingerprint density at radius 1 is 0.583 bits per heavy atom. The van der Waals surface area contributed by atoms with Crippen molar-refractivity contribution in [3.05, 3.63) is 108 Å². The summed E-state index contributed by atoms with van der Waals surface area (Å²) in [6, 6.07) is 15.1. The summed E-state index contributed by atoms with van der Waals surface area (Å²) in [7, 11) is 3.79. The third-order valence-corrected chi connectivity index (χ3v) is 11.3. The molecule has 2 aliphatic rings. The number of hydrogen-bond donors (Lipinski definition) is 2. The first-order chi connectivity index (χ1) is 27.2. The SMILES string of the molecule is Cc1cc(-c2cc3cnc(C4CCNCC4)nc3cc2F)cc2cn(C)nc12.Cc1cc(-c2ccc3nc(C4CCNCC4)ncc3c2F)cc2cn(C)nc12.Cl.Cl.Cl.Cl. The quantitative estimate of drug-likeness (QED) is 0.180. The Hall–Kier alpha value is -4.56. The standard InChI is InChI=1S/2C22H22FN5.4ClH/c1-13-7-15(8-17-12-28(2)27-21(13)17)18-9-16-11-25-22(14-3-5-24-6-4-14)26-20(16)10-19(18)23;1-13-9-15(10-16-12-28(2)27-21(13)16)17-3-4-19-18(20(17)23)11-25-22(26-19)14-5-7-24-8-6-14;;;;/h7-12,14,24H,3-6H2,1-2H3;3-4,9-12,14,24H,5-8H2,1-2H3;4*1H. The van der Waals surface area contributed by atoms with Gasteiger partial charge in [0.2, 0.25) is 0 Å². The normalized spacial score (nSPS) is 14.5. The van der Waals surface area contributed by atoms with Crippen molar-refractivity contribution < 1.29 is 8.78 Å². The number of nitrogens with one attached hydrogen (secondary N) is 2. The highest BCUT2D eigenvalue weighted by atomic mass is 35.5. The van der Waals surface area contributed by atoms with Gasteiger partial charge in [-0.1, -0.05) is 0 Å². The zero-order valence-corrected chi connectivity index (χ0v) is 37.0. The summed E-state index contributed by atoms with van der Waals surface area (Å²) in [4.78, 5) is 18.4. The molecule has 10 nitrogen and oxygen atoms in total. The summed E-state index contributed by atoms with van der Waals surface area (Å²) in [6.07, 6.45) is 11.5. The minimum Gasteiger partial charge on any atom is -0.317 e. The van der Waals surface area contributed by atoms with E-state index < -0.39 is 0 Å². The summed E-state index contributed by atoms with van der Waals surface area (Å²) < 4.78 is 34.0. The van der Waals surface area contributed by atoms with E-state index in [2.05, 4.69) is 40.8 Å². The van der Waals surface area contributed by atoms with Gasteiger partial charge in [0, 0.05) is 84.1 Å². The molecule has 0 atom stereocenters. The summed E-state index contributed by atoms with van der Waals surface area (Å²) in [5.74, 6) is 1.83. The van der Waals surface area contributed by atoms with Gasteiger partial charge in [-0.25, -0.2) is 28.7 Å². The maximum atomic E-state index is 15.4. The lowest BCUT2D eigenvalue weighted by molar-refractivity contribution is 0.446. The van der Waals surface area contributed by atoms with Gasteiger partial charge in [0.1, 0.15) is 23.3 Å². The van der Waals surface area contributed by atoms with E-state index in [1.165, 1.54) is 0 Å². The first-order valence-corrected chi connectivity index (χ1v) is 19.4. The molecular formula is C44H48Cl4F2N10. The Morgan fingerprint density at radius 2 is 1.08 bits per heavy atom. The zero-order chi connectivity index (χ0) is 38.5. The molecule has 60 heavy (non-hydrogen) atoms. The molecule has 0 spiro atoms. The first-order valence-electron chi connectivity index (χ1n) is 19.4. The summed E-state index contributed by atoms with van der Waals surface area (Å²) in [6.45, 7) is 7.94. The van der Waals surface area contributed by atoms with Crippen LogP contribution < -0.4 is 10.6 Å². The smallest absolute Gasteiger partial charge is 0.141 e. The van der Waals surface area contributed by atoms with Gasteiger partial charge in [-0.2, -0.15) is 10.2 Å². The molecule has 4 aromatic heterocycles. The average Bonchev–Trinajstić information content (AvgIpc) is 3.80. The fourth-order valence-electron chi connectivity index (χ4n) is 8.32. The van der Waals surface area contributed by atoms with Crippen molar-refractivity contribution in [1.29, 1.82) is 0 Å². The highest BCUT2D eigenvalue weighted by Crippen LogP contribution is 2.34. The topological polar surface area (TPSA) is 111 Å². The van der Waals surface area contributed by atoms with Crippen molar-refractivity contribution in [2.45, 2.75) is 51.4 Å². The molecule has 2 fully saturated rings. The molecule has 0 bridgehead atoms. The molecule has 6 heterocycles. The molecule has 316 valence electrons. The minimum atomic E-state index is -0.267. The van der Waals surface area contributed by atoms with E-state index in [0.29, 0.717) is 39.4 Å². The van der Waals surface area contributed by atoms with Crippen LogP contribution in [0.5, 0.6) is 0 Å². The van der Waals surface area contributed by atoms with Crippen molar-refractivity contribution >= 4 is 93.2 Å². The monoisotopic (exact) mass is 894 g/mol. The number of hydrogen-bond acceptors (Lipinski definition) is 8. The number of fused-ring (bicyclic) bond motifs is 4. The molecule has 2 aliphatic heterocycles. The maximum Gasteiger partial charge on any atom is 0.141 e. The molecule has 0 unspecified atom stereocenters. The van der Waals surface area contributed by atoms with Crippen molar-refractivity contribution in [3.8, 4) is 22.3 Å². The van der Waals surface area contributed by atoms with Crippen LogP contribution in [-0.2, 0) is 14.1 Å². The van der Waals surface area contributed by atoms with Crippen LogP contribution >= 0.6 is 49.6 Å². The molecule has 0 amide bonds. The third-order valence-electron chi connectivity index (χ3n) is 11.3. The Kier molecular flexibility index (Phi) is 15.1. The predicted molar refractivity (Wildman–Crippen MR) is 247 cm³/mol. The molecule has 2 saturated heterocycles. The van der Waals surface area contributed by atoms with E-state index in [1.807, 2.05) is 89.0 Å². The highest BCUT2D eigenvalue weighted by Gasteiger charge is 2.21. The van der Waals surface area contributed by atoms with Crippen LogP contribution in [0.15, 0.2) is 73.3 Å². The second-order valence-electron chi connectivity index (χ2n) is 15.3. The lowest BCUT2D eigenvalue weighted by Crippen LogP contribution is -2.27. The minimum absolute atomic E-state index is 0. The summed E-state index contributed by atoms with van der Waals surface area (Å²) in [5.41, 5.74) is 8.13. The summed E-state index contributed by atoms with van der Waals surface area (Å²) >= 11 is 0. The van der Waals surface area contributed by atoms with Gasteiger partial charge < -0.3 is 10.6 Å². The van der Waals surface area contributed by atoms with Crippen LogP contribution in [0.3, 0.4) is 0 Å². The Morgan fingerprint density at radius 3 is 1.63 bits per heavy atom. The number of nitrogens with zero attached hydrogens (tertiary/aromatic N) is 8. The average molecular weight is 897 g/mol. The largest absolute Gasteiger partial charge is 0.317 e. The molecule has 0 saturated carbocycles. The second kappa shape index (κ2) is 19.4. The number of aryl methyl sites for hydroxylation is 4. The predicted octanol–water partition coefficient (Wildman–Crippen LogP) is 9.88. The maximum absolute atomic E-state index is 15.4. The van der Waals surface area contributed by atoms with Gasteiger partial charge in [-0.3, -0.25) is 9.36 Å². The fraction of sp³-hybridized carbons (Fsp3) is 0.318. The van der Waals surface area contributed by atoms with Crippen LogP contribution in [0, 0.1) is 25.5 Å². The zero-order valence-electron chi connectivity index (χ0n) is 33.7. The molecule has 8 aromatic rings. The van der Waals surface area contributed by atoms with Gasteiger partial charge in [0.05, 0.1) is 27.5 Å². The van der Waals surface area contributed by atoms with Crippen molar-refractivity contribution in [1.82, 2.24) is 50.1 Å². The molecule has 16 heteroatoms. The van der Waals surface area contributed by atoms with E-state index in [0.717, 1.165) is 113 Å². The van der Waals surface area contributed by atoms with Gasteiger partial charge in [-0.15, -0.1) is 49.6 Å². The number of benzene rings is 4. The van der Waals surface area contributed by atoms with Gasteiger partial charge in [0.15, 0.2) is 0 Å². The molecule has 10 rings (SSSR count). The molecule has 0 aliphatic carbocycles. The van der Waals surface area contributed by atoms with E-state index in [9.17, 15) is 0 Å². The van der Waals surface area contributed by atoms with E-state index >= 15 is 8.78 Å². The first kappa shape index (κ1) is 46.5.